The van der Waals surface area contributed by atoms with E-state index in [1.165, 1.54) is 12.1 Å². The molecule has 2 nitrogen and oxygen atoms in total. The SMILES string of the molecule is O=Cc1ccc(O)cc1.[H-].[K+]. The summed E-state index contributed by atoms with van der Waals surface area (Å²) in [5.41, 5.74) is 0.577. The van der Waals surface area contributed by atoms with Crippen molar-refractivity contribution in [3.8, 4) is 5.75 Å². The Morgan fingerprint density at radius 1 is 1.30 bits per heavy atom. The Morgan fingerprint density at radius 2 is 1.80 bits per heavy atom. The molecule has 0 aromatic heterocycles. The third-order valence-corrected chi connectivity index (χ3v) is 1.03. The van der Waals surface area contributed by atoms with Gasteiger partial charge in [0.05, 0.1) is 0 Å². The van der Waals surface area contributed by atoms with Crippen molar-refractivity contribution in [2.75, 3.05) is 0 Å². The average Bonchev–Trinajstić information content (AvgIpc) is 1.90. The Morgan fingerprint density at radius 3 is 2.20 bits per heavy atom. The van der Waals surface area contributed by atoms with Crippen molar-refractivity contribution in [3.63, 3.8) is 0 Å². The van der Waals surface area contributed by atoms with Crippen LogP contribution in [0.15, 0.2) is 24.3 Å². The summed E-state index contributed by atoms with van der Waals surface area (Å²) in [6, 6.07) is 6.07. The number of carbonyl (C=O) groups is 1. The van der Waals surface area contributed by atoms with Crippen LogP contribution in [0.1, 0.15) is 11.8 Å². The van der Waals surface area contributed by atoms with Gasteiger partial charge in [0, 0.05) is 5.56 Å². The van der Waals surface area contributed by atoms with E-state index >= 15 is 0 Å². The van der Waals surface area contributed by atoms with Crippen LogP contribution in [0, 0.1) is 0 Å². The molecule has 48 valence electrons. The molecular weight excluding hydrogens is 155 g/mol. The molecule has 0 unspecified atom stereocenters. The van der Waals surface area contributed by atoms with E-state index < -0.39 is 0 Å². The van der Waals surface area contributed by atoms with Crippen LogP contribution in [-0.4, -0.2) is 11.4 Å². The monoisotopic (exact) mass is 162 g/mol. The minimum Gasteiger partial charge on any atom is -1.00 e. The third kappa shape index (κ3) is 2.94. The van der Waals surface area contributed by atoms with Crippen LogP contribution in [0.5, 0.6) is 5.75 Å². The van der Waals surface area contributed by atoms with Gasteiger partial charge in [-0.2, -0.15) is 0 Å². The van der Waals surface area contributed by atoms with Crippen LogP contribution in [0.2, 0.25) is 0 Å². The second kappa shape index (κ2) is 5.04. The quantitative estimate of drug-likeness (QED) is 0.396. The minimum absolute atomic E-state index is 0. The van der Waals surface area contributed by atoms with E-state index in [-0.39, 0.29) is 58.6 Å². The molecule has 0 bridgehead atoms. The molecule has 0 aliphatic carbocycles. The second-order valence-electron chi connectivity index (χ2n) is 1.71. The number of hydrogen-bond donors (Lipinski definition) is 1. The molecular formula is C7H7KO2. The largest absolute Gasteiger partial charge is 1.00 e. The van der Waals surface area contributed by atoms with Gasteiger partial charge in [-0.1, -0.05) is 0 Å². The molecule has 1 rings (SSSR count). The molecule has 10 heavy (non-hydrogen) atoms. The zero-order chi connectivity index (χ0) is 6.69. The molecule has 0 spiro atoms. The number of aldehydes is 1. The fourth-order valence-electron chi connectivity index (χ4n) is 0.553. The zero-order valence-electron chi connectivity index (χ0n) is 6.74. The van der Waals surface area contributed by atoms with Crippen LogP contribution in [0.25, 0.3) is 0 Å². The van der Waals surface area contributed by atoms with E-state index in [1.807, 2.05) is 0 Å². The Labute approximate surface area is 103 Å². The summed E-state index contributed by atoms with van der Waals surface area (Å²) in [6.07, 6.45) is 0.736. The van der Waals surface area contributed by atoms with Crippen LogP contribution in [0.4, 0.5) is 0 Å². The first-order valence-corrected chi connectivity index (χ1v) is 2.57. The zero-order valence-corrected chi connectivity index (χ0v) is 8.87. The average molecular weight is 162 g/mol. The number of benzene rings is 1. The second-order valence-corrected chi connectivity index (χ2v) is 1.71. The van der Waals surface area contributed by atoms with Crippen molar-refractivity contribution >= 4 is 6.29 Å². The molecule has 0 saturated carbocycles. The summed E-state index contributed by atoms with van der Waals surface area (Å²) >= 11 is 0. The molecule has 0 atom stereocenters. The summed E-state index contributed by atoms with van der Waals surface area (Å²) in [7, 11) is 0. The van der Waals surface area contributed by atoms with E-state index in [1.54, 1.807) is 12.1 Å². The van der Waals surface area contributed by atoms with Gasteiger partial charge in [0.2, 0.25) is 0 Å². The summed E-state index contributed by atoms with van der Waals surface area (Å²) in [6.45, 7) is 0. The summed E-state index contributed by atoms with van der Waals surface area (Å²) in [5, 5.41) is 8.74. The molecule has 0 saturated heterocycles. The molecule has 0 radical (unpaired) electrons. The van der Waals surface area contributed by atoms with Gasteiger partial charge in [-0.05, 0) is 24.3 Å². The van der Waals surface area contributed by atoms with E-state index in [4.69, 9.17) is 5.11 Å². The van der Waals surface area contributed by atoms with Gasteiger partial charge in [0.1, 0.15) is 12.0 Å². The molecule has 1 aromatic rings. The van der Waals surface area contributed by atoms with Crippen LogP contribution >= 0.6 is 0 Å². The third-order valence-electron chi connectivity index (χ3n) is 1.03. The molecule has 0 aliphatic heterocycles. The number of aromatic hydroxyl groups is 1. The van der Waals surface area contributed by atoms with Gasteiger partial charge in [-0.25, -0.2) is 0 Å². The Balaban J connectivity index is 0. The van der Waals surface area contributed by atoms with E-state index in [0.29, 0.717) is 5.56 Å². The van der Waals surface area contributed by atoms with Crippen molar-refractivity contribution in [3.05, 3.63) is 29.8 Å². The molecule has 0 aliphatic rings. The van der Waals surface area contributed by atoms with E-state index in [2.05, 4.69) is 0 Å². The van der Waals surface area contributed by atoms with Crippen LogP contribution < -0.4 is 51.4 Å². The first-order valence-electron chi connectivity index (χ1n) is 2.57. The van der Waals surface area contributed by atoms with E-state index in [9.17, 15) is 4.79 Å². The number of hydrogen-bond acceptors (Lipinski definition) is 2. The first-order chi connectivity index (χ1) is 4.33. The molecule has 0 heterocycles. The smallest absolute Gasteiger partial charge is 1.00 e. The maximum Gasteiger partial charge on any atom is 1.00 e. The number of phenols is 1. The van der Waals surface area contributed by atoms with Gasteiger partial charge in [0.25, 0.3) is 0 Å². The van der Waals surface area contributed by atoms with Crippen molar-refractivity contribution in [2.24, 2.45) is 0 Å². The number of phenolic OH excluding ortho intramolecular Hbond substituents is 1. The number of rotatable bonds is 1. The fraction of sp³-hybridized carbons (Fsp3) is 0. The van der Waals surface area contributed by atoms with Crippen molar-refractivity contribution < 1.29 is 62.7 Å². The van der Waals surface area contributed by atoms with Crippen molar-refractivity contribution in [2.45, 2.75) is 0 Å². The molecule has 1 N–H and O–H groups in total. The van der Waals surface area contributed by atoms with Gasteiger partial charge in [-0.3, -0.25) is 4.79 Å². The van der Waals surface area contributed by atoms with Gasteiger partial charge < -0.3 is 6.53 Å². The van der Waals surface area contributed by atoms with Gasteiger partial charge in [-0.15, -0.1) is 0 Å². The Kier molecular flexibility index (Phi) is 5.20. The standard InChI is InChI=1S/C7H6O2.K.H/c8-5-6-1-3-7(9)4-2-6;;/h1-5,9H;;/q;+1;-1. The predicted molar refractivity (Wildman–Crippen MR) is 34.6 cm³/mol. The predicted octanol–water partition coefficient (Wildman–Crippen LogP) is -1.68. The van der Waals surface area contributed by atoms with Gasteiger partial charge >= 0.3 is 51.4 Å². The first kappa shape index (κ1) is 10.3. The molecule has 3 heteroatoms. The Bertz CT molecular complexity index is 210. The number of carbonyl (C=O) groups excluding carboxylic acids is 1. The van der Waals surface area contributed by atoms with Crippen molar-refractivity contribution in [1.29, 1.82) is 0 Å². The molecule has 0 fully saturated rings. The normalized spacial score (nSPS) is 8.00. The maximum atomic E-state index is 10.0. The summed E-state index contributed by atoms with van der Waals surface area (Å²) in [5.74, 6) is 0.181. The topological polar surface area (TPSA) is 37.3 Å². The van der Waals surface area contributed by atoms with Crippen LogP contribution in [-0.2, 0) is 0 Å². The Hall–Kier alpha value is 0.326. The van der Waals surface area contributed by atoms with E-state index in [0.717, 1.165) is 6.29 Å². The summed E-state index contributed by atoms with van der Waals surface area (Å²) < 4.78 is 0. The minimum atomic E-state index is 0. The molecule has 0 amide bonds. The summed E-state index contributed by atoms with van der Waals surface area (Å²) in [4.78, 5) is 10.0. The van der Waals surface area contributed by atoms with Crippen molar-refractivity contribution in [1.82, 2.24) is 0 Å². The maximum absolute atomic E-state index is 10.0. The van der Waals surface area contributed by atoms with Gasteiger partial charge in [0.15, 0.2) is 0 Å². The molecule has 1 aromatic carbocycles. The fourth-order valence-corrected chi connectivity index (χ4v) is 0.553. The van der Waals surface area contributed by atoms with Crippen LogP contribution in [0.3, 0.4) is 0 Å².